The Bertz CT molecular complexity index is 78.6. The molecule has 1 rings (SSSR count). The van der Waals surface area contributed by atoms with Crippen LogP contribution in [-0.4, -0.2) is 17.8 Å². The van der Waals surface area contributed by atoms with Crippen LogP contribution in [0.2, 0.25) is 0 Å². The average Bonchev–Trinajstić information content (AvgIpc) is 2.51. The third kappa shape index (κ3) is 2.36. The maximum absolute atomic E-state index is 9.79. The molecule has 2 heteroatoms. The molecule has 0 aromatic carbocycles. The minimum absolute atomic E-state index is 0.691. The molecule has 0 aliphatic heterocycles. The van der Waals surface area contributed by atoms with Crippen molar-refractivity contribution in [3.63, 3.8) is 0 Å². The van der Waals surface area contributed by atoms with Crippen molar-refractivity contribution in [2.24, 2.45) is 5.92 Å². The first kappa shape index (κ1) is 6.14. The highest BCUT2D eigenvalue weighted by Crippen LogP contribution is 2.31. The van der Waals surface area contributed by atoms with Crippen LogP contribution < -0.4 is 0 Å². The van der Waals surface area contributed by atoms with Crippen molar-refractivity contribution in [1.29, 1.82) is 0 Å². The van der Waals surface area contributed by atoms with E-state index in [1.807, 2.05) is 0 Å². The molecule has 0 atom stereocenters. The standard InChI is InChI=1S/C6H10OS/c7-3-4-8-5-6-1-2-6/h3,6H,1-2,4-5H2. The van der Waals surface area contributed by atoms with Crippen LogP contribution in [0.25, 0.3) is 0 Å². The van der Waals surface area contributed by atoms with Gasteiger partial charge in [0.05, 0.1) is 0 Å². The molecule has 0 amide bonds. The highest BCUT2D eigenvalue weighted by molar-refractivity contribution is 7.99. The molecule has 46 valence electrons. The van der Waals surface area contributed by atoms with E-state index < -0.39 is 0 Å². The molecule has 1 fully saturated rings. The number of carbonyl (C=O) groups is 1. The first-order chi connectivity index (χ1) is 3.93. The van der Waals surface area contributed by atoms with Crippen molar-refractivity contribution in [2.45, 2.75) is 12.8 Å². The predicted molar refractivity (Wildman–Crippen MR) is 36.1 cm³/mol. The summed E-state index contributed by atoms with van der Waals surface area (Å²) in [6, 6.07) is 0. The van der Waals surface area contributed by atoms with Gasteiger partial charge in [0.25, 0.3) is 0 Å². The lowest BCUT2D eigenvalue weighted by Gasteiger charge is -1.88. The summed E-state index contributed by atoms with van der Waals surface area (Å²) in [4.78, 5) is 9.79. The molecule has 1 saturated carbocycles. The maximum atomic E-state index is 9.79. The van der Waals surface area contributed by atoms with Gasteiger partial charge in [-0.3, -0.25) is 0 Å². The Morgan fingerprint density at radius 3 is 2.88 bits per heavy atom. The Kier molecular flexibility index (Phi) is 2.40. The molecule has 0 aromatic rings. The molecule has 0 unspecified atom stereocenters. The van der Waals surface area contributed by atoms with Crippen molar-refractivity contribution in [1.82, 2.24) is 0 Å². The largest absolute Gasteiger partial charge is 0.302 e. The molecule has 0 N–H and O–H groups in total. The van der Waals surface area contributed by atoms with Crippen molar-refractivity contribution >= 4 is 18.0 Å². The van der Waals surface area contributed by atoms with Gasteiger partial charge < -0.3 is 4.79 Å². The average molecular weight is 130 g/mol. The zero-order valence-electron chi connectivity index (χ0n) is 4.80. The molecule has 0 aromatic heterocycles. The first-order valence-electron chi connectivity index (χ1n) is 2.95. The fraction of sp³-hybridized carbons (Fsp3) is 0.833. The van der Waals surface area contributed by atoms with E-state index in [-0.39, 0.29) is 0 Å². The summed E-state index contributed by atoms with van der Waals surface area (Å²) in [5.41, 5.74) is 0. The van der Waals surface area contributed by atoms with E-state index in [4.69, 9.17) is 0 Å². The summed E-state index contributed by atoms with van der Waals surface area (Å²) in [5.74, 6) is 2.86. The van der Waals surface area contributed by atoms with Crippen LogP contribution in [0.4, 0.5) is 0 Å². The molecule has 1 aliphatic carbocycles. The van der Waals surface area contributed by atoms with Gasteiger partial charge in [0.1, 0.15) is 6.29 Å². The summed E-state index contributed by atoms with van der Waals surface area (Å²) in [7, 11) is 0. The predicted octanol–water partition coefficient (Wildman–Crippen LogP) is 1.33. The summed E-state index contributed by atoms with van der Waals surface area (Å²) in [5, 5.41) is 0. The second-order valence-corrected chi connectivity index (χ2v) is 3.22. The lowest BCUT2D eigenvalue weighted by atomic mass is 10.5. The summed E-state index contributed by atoms with van der Waals surface area (Å²) >= 11 is 1.76. The molecule has 0 radical (unpaired) electrons. The van der Waals surface area contributed by atoms with Gasteiger partial charge in [0.2, 0.25) is 0 Å². The third-order valence-electron chi connectivity index (χ3n) is 1.24. The third-order valence-corrected chi connectivity index (χ3v) is 2.32. The van der Waals surface area contributed by atoms with Crippen LogP contribution in [0.1, 0.15) is 12.8 Å². The Morgan fingerprint density at radius 2 is 2.38 bits per heavy atom. The van der Waals surface area contributed by atoms with Crippen LogP contribution in [0, 0.1) is 5.92 Å². The number of rotatable bonds is 4. The molecule has 0 saturated heterocycles. The van der Waals surface area contributed by atoms with E-state index in [2.05, 4.69) is 0 Å². The van der Waals surface area contributed by atoms with Gasteiger partial charge >= 0.3 is 0 Å². The van der Waals surface area contributed by atoms with Crippen molar-refractivity contribution < 1.29 is 4.79 Å². The van der Waals surface area contributed by atoms with Gasteiger partial charge in [0.15, 0.2) is 0 Å². The minimum atomic E-state index is 0.691. The topological polar surface area (TPSA) is 17.1 Å². The zero-order valence-corrected chi connectivity index (χ0v) is 5.62. The summed E-state index contributed by atoms with van der Waals surface area (Å²) in [6.45, 7) is 0. The van der Waals surface area contributed by atoms with Gasteiger partial charge in [-0.25, -0.2) is 0 Å². The smallest absolute Gasteiger partial charge is 0.129 e. The van der Waals surface area contributed by atoms with E-state index in [1.54, 1.807) is 11.8 Å². The van der Waals surface area contributed by atoms with Gasteiger partial charge in [-0.05, 0) is 24.5 Å². The van der Waals surface area contributed by atoms with E-state index in [1.165, 1.54) is 18.6 Å². The van der Waals surface area contributed by atoms with Gasteiger partial charge in [-0.15, -0.1) is 0 Å². The Labute approximate surface area is 53.8 Å². The number of hydrogen-bond donors (Lipinski definition) is 0. The van der Waals surface area contributed by atoms with Crippen molar-refractivity contribution in [2.75, 3.05) is 11.5 Å². The van der Waals surface area contributed by atoms with Crippen LogP contribution >= 0.6 is 11.8 Å². The summed E-state index contributed by atoms with van der Waals surface area (Å²) < 4.78 is 0. The normalized spacial score (nSPS) is 18.5. The van der Waals surface area contributed by atoms with E-state index in [0.29, 0.717) is 5.75 Å². The molecular weight excluding hydrogens is 120 g/mol. The molecule has 0 spiro atoms. The number of hydrogen-bond acceptors (Lipinski definition) is 2. The second-order valence-electron chi connectivity index (χ2n) is 2.15. The number of carbonyl (C=O) groups excluding carboxylic acids is 1. The highest BCUT2D eigenvalue weighted by Gasteiger charge is 2.20. The Hall–Kier alpha value is 0.0200. The van der Waals surface area contributed by atoms with Crippen molar-refractivity contribution in [3.8, 4) is 0 Å². The Balaban J connectivity index is 1.80. The molecular formula is C6H10OS. The van der Waals surface area contributed by atoms with Gasteiger partial charge in [0, 0.05) is 5.75 Å². The molecule has 1 nitrogen and oxygen atoms in total. The van der Waals surface area contributed by atoms with Crippen LogP contribution in [-0.2, 0) is 4.79 Å². The zero-order chi connectivity index (χ0) is 5.82. The van der Waals surface area contributed by atoms with E-state index in [0.717, 1.165) is 12.2 Å². The van der Waals surface area contributed by atoms with E-state index in [9.17, 15) is 4.79 Å². The monoisotopic (exact) mass is 130 g/mol. The van der Waals surface area contributed by atoms with E-state index >= 15 is 0 Å². The van der Waals surface area contributed by atoms with Crippen LogP contribution in [0.15, 0.2) is 0 Å². The quantitative estimate of drug-likeness (QED) is 0.422. The lowest BCUT2D eigenvalue weighted by molar-refractivity contribution is -0.105. The van der Waals surface area contributed by atoms with Gasteiger partial charge in [-0.1, -0.05) is 0 Å². The molecule has 0 bridgehead atoms. The van der Waals surface area contributed by atoms with Gasteiger partial charge in [-0.2, -0.15) is 11.8 Å². The molecule has 8 heavy (non-hydrogen) atoms. The van der Waals surface area contributed by atoms with Crippen LogP contribution in [0.5, 0.6) is 0 Å². The fourth-order valence-corrected chi connectivity index (χ4v) is 1.47. The fourth-order valence-electron chi connectivity index (χ4n) is 0.567. The van der Waals surface area contributed by atoms with Crippen LogP contribution in [0.3, 0.4) is 0 Å². The summed E-state index contributed by atoms with van der Waals surface area (Å²) in [6.07, 6.45) is 3.77. The highest BCUT2D eigenvalue weighted by atomic mass is 32.2. The number of thioether (sulfide) groups is 1. The minimum Gasteiger partial charge on any atom is -0.302 e. The first-order valence-corrected chi connectivity index (χ1v) is 4.10. The number of aldehydes is 1. The molecule has 1 aliphatic rings. The lowest BCUT2D eigenvalue weighted by Crippen LogP contribution is -1.83. The maximum Gasteiger partial charge on any atom is 0.129 e. The van der Waals surface area contributed by atoms with Crippen molar-refractivity contribution in [3.05, 3.63) is 0 Å². The Morgan fingerprint density at radius 1 is 1.62 bits per heavy atom. The second kappa shape index (κ2) is 3.13. The molecule has 0 heterocycles. The SMILES string of the molecule is O=CCSCC1CC1.